The molecule has 1 radical (unpaired) electrons. The first-order valence-electron chi connectivity index (χ1n) is 6.12. The van der Waals surface area contributed by atoms with Crippen molar-refractivity contribution in [2.45, 2.75) is 19.3 Å². The van der Waals surface area contributed by atoms with Gasteiger partial charge in [0, 0.05) is 5.92 Å². The minimum Gasteiger partial charge on any atom is -0.395 e. The van der Waals surface area contributed by atoms with E-state index in [1.165, 1.54) is 24.3 Å². The highest BCUT2D eigenvalue weighted by Gasteiger charge is 2.19. The molecule has 0 spiro atoms. The van der Waals surface area contributed by atoms with Crippen molar-refractivity contribution >= 4 is 0 Å². The van der Waals surface area contributed by atoms with Crippen molar-refractivity contribution in [1.29, 1.82) is 0 Å². The van der Waals surface area contributed by atoms with Crippen LogP contribution in [0, 0.1) is 11.8 Å². The standard InChI is InChI=1S/C14H20NO/c16-11-14(13-4-2-1-3-5-13)10-12-6-8-15-9-7-12/h1-5,12,15-16H,6-11H2. The maximum Gasteiger partial charge on any atom is 0.0537 e. The van der Waals surface area contributed by atoms with Crippen LogP contribution in [-0.2, 0) is 0 Å². The summed E-state index contributed by atoms with van der Waals surface area (Å²) >= 11 is 0. The molecule has 2 N–H and O–H groups in total. The summed E-state index contributed by atoms with van der Waals surface area (Å²) in [5.74, 6) is 1.93. The van der Waals surface area contributed by atoms with Crippen LogP contribution in [0.3, 0.4) is 0 Å². The Bertz CT molecular complexity index is 293. The molecule has 0 bridgehead atoms. The van der Waals surface area contributed by atoms with Gasteiger partial charge in [-0.05, 0) is 43.8 Å². The molecule has 1 aliphatic heterocycles. The van der Waals surface area contributed by atoms with Gasteiger partial charge >= 0.3 is 0 Å². The Morgan fingerprint density at radius 3 is 2.50 bits per heavy atom. The van der Waals surface area contributed by atoms with E-state index in [1.807, 2.05) is 18.2 Å². The Balaban J connectivity index is 1.94. The summed E-state index contributed by atoms with van der Waals surface area (Å²) in [7, 11) is 0. The van der Waals surface area contributed by atoms with Crippen molar-refractivity contribution < 1.29 is 5.11 Å². The van der Waals surface area contributed by atoms with Gasteiger partial charge in [0.15, 0.2) is 0 Å². The van der Waals surface area contributed by atoms with E-state index in [4.69, 9.17) is 0 Å². The fourth-order valence-electron chi connectivity index (χ4n) is 2.38. The average Bonchev–Trinajstić information content (AvgIpc) is 2.38. The lowest BCUT2D eigenvalue weighted by atomic mass is 9.85. The third-order valence-corrected chi connectivity index (χ3v) is 3.37. The highest BCUT2D eigenvalue weighted by atomic mass is 16.3. The lowest BCUT2D eigenvalue weighted by Crippen LogP contribution is -2.29. The topological polar surface area (TPSA) is 32.3 Å². The number of hydrogen-bond donors (Lipinski definition) is 2. The average molecular weight is 218 g/mol. The molecule has 1 aromatic carbocycles. The summed E-state index contributed by atoms with van der Waals surface area (Å²) in [6, 6.07) is 10.3. The van der Waals surface area contributed by atoms with Gasteiger partial charge < -0.3 is 10.4 Å². The molecular formula is C14H20NO. The van der Waals surface area contributed by atoms with Crippen LogP contribution in [0.5, 0.6) is 0 Å². The molecule has 1 fully saturated rings. The van der Waals surface area contributed by atoms with Crippen molar-refractivity contribution in [1.82, 2.24) is 5.32 Å². The number of nitrogens with one attached hydrogen (secondary N) is 1. The zero-order valence-electron chi connectivity index (χ0n) is 9.65. The minimum atomic E-state index is 0.188. The minimum absolute atomic E-state index is 0.188. The highest BCUT2D eigenvalue weighted by Crippen LogP contribution is 2.27. The second-order valence-corrected chi connectivity index (χ2v) is 4.53. The van der Waals surface area contributed by atoms with E-state index in [0.717, 1.165) is 25.4 Å². The predicted octanol–water partition coefficient (Wildman–Crippen LogP) is 1.99. The number of hydrogen-bond acceptors (Lipinski definition) is 2. The number of aliphatic hydroxyl groups excluding tert-OH is 1. The third-order valence-electron chi connectivity index (χ3n) is 3.37. The molecule has 0 saturated carbocycles. The summed E-state index contributed by atoms with van der Waals surface area (Å²) in [6.45, 7) is 2.43. The molecule has 1 aromatic rings. The van der Waals surface area contributed by atoms with Gasteiger partial charge in [0.05, 0.1) is 6.61 Å². The molecule has 2 rings (SSSR count). The largest absolute Gasteiger partial charge is 0.395 e. The first-order valence-corrected chi connectivity index (χ1v) is 6.12. The van der Waals surface area contributed by atoms with Crippen molar-refractivity contribution in [2.75, 3.05) is 19.7 Å². The molecular weight excluding hydrogens is 198 g/mol. The Morgan fingerprint density at radius 1 is 1.19 bits per heavy atom. The van der Waals surface area contributed by atoms with E-state index in [2.05, 4.69) is 17.4 Å². The number of piperidine rings is 1. The van der Waals surface area contributed by atoms with Crippen molar-refractivity contribution in [3.8, 4) is 0 Å². The van der Waals surface area contributed by atoms with Gasteiger partial charge in [-0.25, -0.2) is 0 Å². The zero-order valence-corrected chi connectivity index (χ0v) is 9.65. The van der Waals surface area contributed by atoms with E-state index in [1.54, 1.807) is 0 Å². The van der Waals surface area contributed by atoms with Crippen molar-refractivity contribution in [3.05, 3.63) is 41.8 Å². The van der Waals surface area contributed by atoms with Gasteiger partial charge in [0.2, 0.25) is 0 Å². The fourth-order valence-corrected chi connectivity index (χ4v) is 2.38. The molecule has 0 aromatic heterocycles. The normalized spacial score (nSPS) is 17.9. The second kappa shape index (κ2) is 6.02. The molecule has 0 atom stereocenters. The molecule has 2 nitrogen and oxygen atoms in total. The highest BCUT2D eigenvalue weighted by molar-refractivity contribution is 5.30. The number of rotatable bonds is 4. The zero-order chi connectivity index (χ0) is 11.2. The van der Waals surface area contributed by atoms with Crippen molar-refractivity contribution in [2.24, 2.45) is 5.92 Å². The van der Waals surface area contributed by atoms with Gasteiger partial charge in [0.25, 0.3) is 0 Å². The quantitative estimate of drug-likeness (QED) is 0.810. The van der Waals surface area contributed by atoms with Gasteiger partial charge in [-0.2, -0.15) is 0 Å². The van der Waals surface area contributed by atoms with E-state index >= 15 is 0 Å². The Morgan fingerprint density at radius 2 is 1.88 bits per heavy atom. The molecule has 1 saturated heterocycles. The van der Waals surface area contributed by atoms with Crippen LogP contribution < -0.4 is 5.32 Å². The van der Waals surface area contributed by atoms with Gasteiger partial charge in [-0.1, -0.05) is 30.3 Å². The molecule has 0 amide bonds. The molecule has 0 unspecified atom stereocenters. The smallest absolute Gasteiger partial charge is 0.0537 e. The van der Waals surface area contributed by atoms with Crippen LogP contribution in [-0.4, -0.2) is 24.8 Å². The first kappa shape index (κ1) is 11.6. The van der Waals surface area contributed by atoms with E-state index in [-0.39, 0.29) is 6.61 Å². The lowest BCUT2D eigenvalue weighted by Gasteiger charge is -2.26. The lowest BCUT2D eigenvalue weighted by molar-refractivity contribution is 0.283. The molecule has 16 heavy (non-hydrogen) atoms. The summed E-state index contributed by atoms with van der Waals surface area (Å²) in [4.78, 5) is 0. The summed E-state index contributed by atoms with van der Waals surface area (Å²) in [5, 5.41) is 12.8. The monoisotopic (exact) mass is 218 g/mol. The van der Waals surface area contributed by atoms with Crippen LogP contribution in [0.15, 0.2) is 30.3 Å². The summed E-state index contributed by atoms with van der Waals surface area (Å²) in [5.41, 5.74) is 1.20. The molecule has 1 aliphatic rings. The second-order valence-electron chi connectivity index (χ2n) is 4.53. The van der Waals surface area contributed by atoms with Gasteiger partial charge in [-0.15, -0.1) is 0 Å². The Labute approximate surface area is 97.7 Å². The van der Waals surface area contributed by atoms with Crippen LogP contribution in [0.25, 0.3) is 0 Å². The Hall–Kier alpha value is -0.860. The third kappa shape index (κ3) is 3.06. The van der Waals surface area contributed by atoms with E-state index in [0.29, 0.717) is 0 Å². The van der Waals surface area contributed by atoms with Crippen LogP contribution in [0.4, 0.5) is 0 Å². The number of aliphatic hydroxyl groups is 1. The first-order chi connectivity index (χ1) is 7.90. The van der Waals surface area contributed by atoms with Crippen LogP contribution >= 0.6 is 0 Å². The Kier molecular flexibility index (Phi) is 4.37. The molecule has 1 heterocycles. The van der Waals surface area contributed by atoms with Crippen LogP contribution in [0.2, 0.25) is 0 Å². The SMILES string of the molecule is OC[C](CC1CCNCC1)c1ccccc1. The molecule has 87 valence electrons. The fraction of sp³-hybridized carbons (Fsp3) is 0.500. The van der Waals surface area contributed by atoms with Crippen LogP contribution in [0.1, 0.15) is 24.8 Å². The van der Waals surface area contributed by atoms with Crippen molar-refractivity contribution in [3.63, 3.8) is 0 Å². The molecule has 0 aliphatic carbocycles. The maximum absolute atomic E-state index is 9.46. The van der Waals surface area contributed by atoms with Gasteiger partial charge in [-0.3, -0.25) is 0 Å². The summed E-state index contributed by atoms with van der Waals surface area (Å²) < 4.78 is 0. The maximum atomic E-state index is 9.46. The summed E-state index contributed by atoms with van der Waals surface area (Å²) in [6.07, 6.45) is 3.51. The predicted molar refractivity (Wildman–Crippen MR) is 66.1 cm³/mol. The van der Waals surface area contributed by atoms with Gasteiger partial charge in [0.1, 0.15) is 0 Å². The van der Waals surface area contributed by atoms with E-state index < -0.39 is 0 Å². The molecule has 2 heteroatoms. The van der Waals surface area contributed by atoms with E-state index in [9.17, 15) is 5.11 Å². The number of benzene rings is 1.